The van der Waals surface area contributed by atoms with Gasteiger partial charge in [0.15, 0.2) is 0 Å². The molecule has 0 spiro atoms. The summed E-state index contributed by atoms with van der Waals surface area (Å²) in [4.78, 5) is 18.9. The molecular weight excluding hydrogens is 202 g/mol. The van der Waals surface area contributed by atoms with Gasteiger partial charge in [0.2, 0.25) is 0 Å². The zero-order valence-electron chi connectivity index (χ0n) is 7.98. The van der Waals surface area contributed by atoms with Crippen LogP contribution in [0, 0.1) is 6.92 Å². The van der Waals surface area contributed by atoms with Crippen molar-refractivity contribution in [3.8, 4) is 0 Å². The summed E-state index contributed by atoms with van der Waals surface area (Å²) in [6.07, 6.45) is 0. The molecule has 1 aromatic heterocycles. The van der Waals surface area contributed by atoms with Crippen molar-refractivity contribution in [1.82, 2.24) is 9.97 Å². The predicted octanol–water partition coefficient (Wildman–Crippen LogP) is 0.632. The summed E-state index contributed by atoms with van der Waals surface area (Å²) in [7, 11) is 1.35. The van der Waals surface area contributed by atoms with Gasteiger partial charge in [-0.2, -0.15) is 0 Å². The van der Waals surface area contributed by atoms with E-state index in [9.17, 15) is 4.79 Å². The number of ether oxygens (including phenoxy) is 1. The van der Waals surface area contributed by atoms with E-state index in [0.717, 1.165) is 0 Å². The van der Waals surface area contributed by atoms with Crippen molar-refractivity contribution in [1.29, 1.82) is 0 Å². The highest BCUT2D eigenvalue weighted by molar-refractivity contribution is 7.99. The summed E-state index contributed by atoms with van der Waals surface area (Å²) >= 11 is 1.28. The number of thioether (sulfide) groups is 1. The van der Waals surface area contributed by atoms with Crippen molar-refractivity contribution in [3.05, 3.63) is 11.9 Å². The molecule has 0 aliphatic rings. The summed E-state index contributed by atoms with van der Waals surface area (Å²) in [5.74, 6) is 0.943. The Kier molecular flexibility index (Phi) is 3.70. The number of carbonyl (C=O) groups is 1. The number of nitrogens with two attached hydrogens (primary N) is 1. The summed E-state index contributed by atoms with van der Waals surface area (Å²) in [5, 5.41) is 0.681. The number of nitrogens with zero attached hydrogens (tertiary/aromatic N) is 2. The number of rotatable bonds is 3. The number of carbonyl (C=O) groups excluding carboxylic acids is 1. The van der Waals surface area contributed by atoms with Crippen LogP contribution in [-0.4, -0.2) is 28.8 Å². The monoisotopic (exact) mass is 213 g/mol. The Morgan fingerprint density at radius 3 is 2.93 bits per heavy atom. The molecule has 5 nitrogen and oxygen atoms in total. The first-order valence-electron chi connectivity index (χ1n) is 3.92. The fourth-order valence-electron chi connectivity index (χ4n) is 0.828. The highest BCUT2D eigenvalue weighted by atomic mass is 32.2. The van der Waals surface area contributed by atoms with Gasteiger partial charge in [0.1, 0.15) is 16.7 Å². The van der Waals surface area contributed by atoms with Crippen LogP contribution in [0.4, 0.5) is 5.82 Å². The van der Waals surface area contributed by atoms with E-state index >= 15 is 0 Å². The Labute approximate surface area is 86.1 Å². The van der Waals surface area contributed by atoms with Crippen LogP contribution >= 0.6 is 11.8 Å². The van der Waals surface area contributed by atoms with Crippen molar-refractivity contribution in [3.63, 3.8) is 0 Å². The highest BCUT2D eigenvalue weighted by Crippen LogP contribution is 2.16. The Bertz CT molecular complexity index is 323. The largest absolute Gasteiger partial charge is 0.468 e. The third kappa shape index (κ3) is 3.21. The average molecular weight is 213 g/mol. The molecule has 0 aliphatic heterocycles. The molecule has 0 aliphatic carbocycles. The molecule has 0 fully saturated rings. The topological polar surface area (TPSA) is 78.1 Å². The van der Waals surface area contributed by atoms with Gasteiger partial charge in [-0.25, -0.2) is 9.97 Å². The molecule has 0 aromatic carbocycles. The molecule has 2 N–H and O–H groups in total. The van der Waals surface area contributed by atoms with Gasteiger partial charge in [-0.15, -0.1) is 0 Å². The number of aromatic nitrogens is 2. The second-order valence-corrected chi connectivity index (χ2v) is 3.54. The minimum atomic E-state index is -0.287. The maximum absolute atomic E-state index is 10.8. The van der Waals surface area contributed by atoms with Crippen LogP contribution in [0.25, 0.3) is 0 Å². The Balaban J connectivity index is 2.63. The molecule has 1 heterocycles. The van der Waals surface area contributed by atoms with Gasteiger partial charge in [0, 0.05) is 6.07 Å². The van der Waals surface area contributed by atoms with E-state index in [4.69, 9.17) is 5.73 Å². The molecule has 0 atom stereocenters. The first-order valence-corrected chi connectivity index (χ1v) is 4.91. The van der Waals surface area contributed by atoms with Crippen LogP contribution in [0.2, 0.25) is 0 Å². The van der Waals surface area contributed by atoms with Crippen molar-refractivity contribution in [2.24, 2.45) is 0 Å². The summed E-state index contributed by atoms with van der Waals surface area (Å²) in [5.41, 5.74) is 5.52. The zero-order chi connectivity index (χ0) is 10.6. The van der Waals surface area contributed by atoms with E-state index in [1.54, 1.807) is 13.0 Å². The van der Waals surface area contributed by atoms with Gasteiger partial charge in [0.05, 0.1) is 12.9 Å². The average Bonchev–Trinajstić information content (AvgIpc) is 2.12. The van der Waals surface area contributed by atoms with E-state index < -0.39 is 0 Å². The quantitative estimate of drug-likeness (QED) is 0.451. The molecule has 6 heteroatoms. The Morgan fingerprint density at radius 2 is 2.36 bits per heavy atom. The normalized spacial score (nSPS) is 9.86. The maximum Gasteiger partial charge on any atom is 0.316 e. The molecule has 0 unspecified atom stereocenters. The lowest BCUT2D eigenvalue weighted by molar-refractivity contribution is -0.137. The number of hydrogen-bond donors (Lipinski definition) is 1. The summed E-state index contributed by atoms with van der Waals surface area (Å²) in [6.45, 7) is 1.75. The minimum absolute atomic E-state index is 0.229. The number of hydrogen-bond acceptors (Lipinski definition) is 6. The molecule has 0 bridgehead atoms. The van der Waals surface area contributed by atoms with Gasteiger partial charge >= 0.3 is 5.97 Å². The molecule has 0 saturated heterocycles. The molecule has 1 aromatic rings. The number of anilines is 1. The van der Waals surface area contributed by atoms with E-state index in [1.165, 1.54) is 18.9 Å². The van der Waals surface area contributed by atoms with Crippen molar-refractivity contribution >= 4 is 23.5 Å². The molecule has 0 radical (unpaired) electrons. The second-order valence-electron chi connectivity index (χ2n) is 2.54. The maximum atomic E-state index is 10.8. The van der Waals surface area contributed by atoms with Crippen molar-refractivity contribution in [2.45, 2.75) is 11.9 Å². The van der Waals surface area contributed by atoms with Crippen LogP contribution in [0.15, 0.2) is 11.1 Å². The smallest absolute Gasteiger partial charge is 0.316 e. The van der Waals surface area contributed by atoms with Gasteiger partial charge in [-0.3, -0.25) is 4.79 Å². The molecule has 0 saturated carbocycles. The van der Waals surface area contributed by atoms with Crippen LogP contribution in [0.5, 0.6) is 0 Å². The highest BCUT2D eigenvalue weighted by Gasteiger charge is 2.04. The fraction of sp³-hybridized carbons (Fsp3) is 0.375. The van der Waals surface area contributed by atoms with Crippen LogP contribution < -0.4 is 5.73 Å². The van der Waals surface area contributed by atoms with Gasteiger partial charge in [-0.1, -0.05) is 11.8 Å². The molecular formula is C8H11N3O2S. The number of methoxy groups -OCH3 is 1. The van der Waals surface area contributed by atoms with Crippen molar-refractivity contribution < 1.29 is 9.53 Å². The lowest BCUT2D eigenvalue weighted by Crippen LogP contribution is -2.04. The molecule has 0 amide bonds. The third-order valence-corrected chi connectivity index (χ3v) is 2.28. The summed E-state index contributed by atoms with van der Waals surface area (Å²) < 4.78 is 4.50. The standard InChI is InChI=1S/C8H11N3O2S/c1-5-10-6(9)3-7(11-5)14-4-8(12)13-2/h3H,4H2,1-2H3,(H2,9,10,11). The first kappa shape index (κ1) is 10.8. The summed E-state index contributed by atoms with van der Waals surface area (Å²) in [6, 6.07) is 1.63. The lowest BCUT2D eigenvalue weighted by Gasteiger charge is -2.01. The van der Waals surface area contributed by atoms with Gasteiger partial charge in [0.25, 0.3) is 0 Å². The first-order chi connectivity index (χ1) is 6.61. The van der Waals surface area contributed by atoms with E-state index in [-0.39, 0.29) is 11.7 Å². The van der Waals surface area contributed by atoms with Crippen molar-refractivity contribution in [2.75, 3.05) is 18.6 Å². The number of aryl methyl sites for hydroxylation is 1. The Hall–Kier alpha value is -1.30. The predicted molar refractivity (Wildman–Crippen MR) is 53.9 cm³/mol. The molecule has 14 heavy (non-hydrogen) atoms. The fourth-order valence-corrected chi connectivity index (χ4v) is 1.61. The van der Waals surface area contributed by atoms with E-state index in [2.05, 4.69) is 14.7 Å². The third-order valence-electron chi connectivity index (χ3n) is 1.40. The van der Waals surface area contributed by atoms with Crippen LogP contribution in [-0.2, 0) is 9.53 Å². The van der Waals surface area contributed by atoms with Gasteiger partial charge in [-0.05, 0) is 6.92 Å². The number of esters is 1. The van der Waals surface area contributed by atoms with E-state index in [1.807, 2.05) is 0 Å². The lowest BCUT2D eigenvalue weighted by atomic mass is 10.5. The molecule has 1 rings (SSSR count). The van der Waals surface area contributed by atoms with Gasteiger partial charge < -0.3 is 10.5 Å². The SMILES string of the molecule is COC(=O)CSc1cc(N)nc(C)n1. The van der Waals surface area contributed by atoms with E-state index in [0.29, 0.717) is 16.7 Å². The van der Waals surface area contributed by atoms with Crippen LogP contribution in [0.3, 0.4) is 0 Å². The minimum Gasteiger partial charge on any atom is -0.468 e. The molecule has 76 valence electrons. The Morgan fingerprint density at radius 1 is 1.64 bits per heavy atom. The number of nitrogen functional groups attached to an aromatic ring is 1. The zero-order valence-corrected chi connectivity index (χ0v) is 8.80. The second kappa shape index (κ2) is 4.80. The van der Waals surface area contributed by atoms with Crippen LogP contribution in [0.1, 0.15) is 5.82 Å².